The third-order valence-electron chi connectivity index (χ3n) is 16.7. The summed E-state index contributed by atoms with van der Waals surface area (Å²) in [6.45, 7) is 3.49. The van der Waals surface area contributed by atoms with Crippen molar-refractivity contribution >= 4 is 5.91 Å². The first-order valence-corrected chi connectivity index (χ1v) is 33.4. The van der Waals surface area contributed by atoms with Crippen LogP contribution in [0.15, 0.2) is 0 Å². The predicted molar refractivity (Wildman–Crippen MR) is 316 cm³/mol. The van der Waals surface area contributed by atoms with Crippen molar-refractivity contribution < 1.29 is 50.0 Å². The highest BCUT2D eigenvalue weighted by molar-refractivity contribution is 5.80. The Bertz CT molecular complexity index is 1200. The Kier molecular flexibility index (Phi) is 52.6. The molecule has 11 nitrogen and oxygen atoms in total. The van der Waals surface area contributed by atoms with Gasteiger partial charge in [0.05, 0.1) is 25.4 Å². The van der Waals surface area contributed by atoms with E-state index in [-0.39, 0.29) is 6.42 Å². The molecule has 0 aromatic carbocycles. The van der Waals surface area contributed by atoms with Gasteiger partial charge >= 0.3 is 0 Å². The molecule has 9 atom stereocenters. The largest absolute Gasteiger partial charge is 0.394 e. The fourth-order valence-corrected chi connectivity index (χ4v) is 11.3. The number of nitrogens with one attached hydrogen (secondary N) is 1. The molecule has 8 N–H and O–H groups in total. The number of hydrogen-bond acceptors (Lipinski definition) is 10. The zero-order valence-corrected chi connectivity index (χ0v) is 50.0. The quantitative estimate of drug-likeness (QED) is 0.0272. The van der Waals surface area contributed by atoms with Crippen LogP contribution in [0.2, 0.25) is 0 Å². The van der Waals surface area contributed by atoms with E-state index in [0.717, 1.165) is 38.5 Å². The highest BCUT2D eigenvalue weighted by Crippen LogP contribution is 2.24. The molecule has 0 aromatic rings. The van der Waals surface area contributed by atoms with Crippen LogP contribution in [0, 0.1) is 0 Å². The molecule has 11 heteroatoms. The molecule has 454 valence electrons. The second-order valence-corrected chi connectivity index (χ2v) is 23.9. The Balaban J connectivity index is 2.09. The fraction of sp³-hybridized carbons (Fsp3) is 0.985. The van der Waals surface area contributed by atoms with E-state index in [1.165, 1.54) is 263 Å². The van der Waals surface area contributed by atoms with Crippen molar-refractivity contribution in [1.29, 1.82) is 0 Å². The van der Waals surface area contributed by atoms with Crippen LogP contribution in [0.5, 0.6) is 0 Å². The summed E-state index contributed by atoms with van der Waals surface area (Å²) >= 11 is 0. The zero-order valence-electron chi connectivity index (χ0n) is 50.0. The van der Waals surface area contributed by atoms with Crippen molar-refractivity contribution in [3.05, 3.63) is 0 Å². The number of carbonyl (C=O) groups is 1. The molecule has 0 radical (unpaired) electrons. The lowest BCUT2D eigenvalue weighted by molar-refractivity contribution is -0.303. The molecule has 1 saturated heterocycles. The number of unbranched alkanes of at least 4 members (excludes halogenated alkanes) is 47. The molecular weight excluding hydrogens is 955 g/mol. The molecule has 1 aliphatic rings. The molecule has 0 bridgehead atoms. The smallest absolute Gasteiger partial charge is 0.249 e. The van der Waals surface area contributed by atoms with Gasteiger partial charge in [-0.05, 0) is 12.8 Å². The van der Waals surface area contributed by atoms with Gasteiger partial charge in [0, 0.05) is 0 Å². The summed E-state index contributed by atoms with van der Waals surface area (Å²) in [4.78, 5) is 13.2. The van der Waals surface area contributed by atoms with Gasteiger partial charge in [-0.3, -0.25) is 4.79 Å². The van der Waals surface area contributed by atoms with E-state index >= 15 is 0 Å². The van der Waals surface area contributed by atoms with Gasteiger partial charge in [-0.1, -0.05) is 328 Å². The van der Waals surface area contributed by atoms with Crippen molar-refractivity contribution in [2.75, 3.05) is 13.2 Å². The first kappa shape index (κ1) is 73.1. The van der Waals surface area contributed by atoms with Crippen LogP contribution in [0.3, 0.4) is 0 Å². The fourth-order valence-electron chi connectivity index (χ4n) is 11.3. The lowest BCUT2D eigenvalue weighted by atomic mass is 9.98. The summed E-state index contributed by atoms with van der Waals surface area (Å²) in [5.74, 6) is -0.689. The Labute approximate surface area is 469 Å². The van der Waals surface area contributed by atoms with Crippen LogP contribution in [0.25, 0.3) is 0 Å². The number of aliphatic hydroxyl groups is 7. The van der Waals surface area contributed by atoms with Crippen LogP contribution >= 0.6 is 0 Å². The number of aliphatic hydroxyl groups excluding tert-OH is 7. The van der Waals surface area contributed by atoms with Gasteiger partial charge in [0.25, 0.3) is 0 Å². The van der Waals surface area contributed by atoms with Crippen molar-refractivity contribution in [2.24, 2.45) is 0 Å². The van der Waals surface area contributed by atoms with Crippen LogP contribution in [-0.4, -0.2) is 110 Å². The molecule has 1 aliphatic heterocycles. The third kappa shape index (κ3) is 42.0. The predicted octanol–water partition coefficient (Wildman–Crippen LogP) is 15.3. The normalized spacial score (nSPS) is 19.5. The van der Waals surface area contributed by atoms with E-state index in [1.807, 2.05) is 0 Å². The van der Waals surface area contributed by atoms with E-state index in [1.54, 1.807) is 0 Å². The monoisotopic (exact) mass is 1080 g/mol. The number of carbonyl (C=O) groups excluding carboxylic acids is 1. The van der Waals surface area contributed by atoms with Gasteiger partial charge in [0.15, 0.2) is 6.29 Å². The van der Waals surface area contributed by atoms with E-state index in [9.17, 15) is 40.5 Å². The van der Waals surface area contributed by atoms with E-state index in [2.05, 4.69) is 19.2 Å². The summed E-state index contributed by atoms with van der Waals surface area (Å²) in [6, 6.07) is -1.16. The molecule has 1 fully saturated rings. The minimum Gasteiger partial charge on any atom is -0.394 e. The lowest BCUT2D eigenvalue weighted by Gasteiger charge is -2.40. The maximum absolute atomic E-state index is 13.2. The lowest BCUT2D eigenvalue weighted by Crippen LogP contribution is -2.60. The Hall–Kier alpha value is -0.890. The SMILES string of the molecule is CCCCCCCCCCCCCCCCCCCCCCCCCCCCCCCCCCCCCCC(O)C(=O)NC(COC1OC(CO)C(O)C(O)C1O)C(O)C(O)CCCCCCCCCCCCCCC. The average molecular weight is 1080 g/mol. The summed E-state index contributed by atoms with van der Waals surface area (Å²) in [6.07, 6.45) is 53.5. The number of ether oxygens (including phenoxy) is 2. The van der Waals surface area contributed by atoms with Crippen LogP contribution < -0.4 is 5.32 Å². The average Bonchev–Trinajstić information content (AvgIpc) is 3.42. The van der Waals surface area contributed by atoms with Gasteiger partial charge in [0.2, 0.25) is 5.91 Å². The summed E-state index contributed by atoms with van der Waals surface area (Å²) in [5, 5.41) is 76.2. The van der Waals surface area contributed by atoms with Crippen LogP contribution in [-0.2, 0) is 14.3 Å². The molecule has 0 aromatic heterocycles. The van der Waals surface area contributed by atoms with Gasteiger partial charge in [-0.2, -0.15) is 0 Å². The molecule has 1 rings (SSSR count). The molecule has 76 heavy (non-hydrogen) atoms. The summed E-state index contributed by atoms with van der Waals surface area (Å²) in [7, 11) is 0. The van der Waals surface area contributed by atoms with Crippen molar-refractivity contribution in [3.63, 3.8) is 0 Å². The molecule has 0 saturated carbocycles. The van der Waals surface area contributed by atoms with E-state index in [4.69, 9.17) is 9.47 Å². The Morgan fingerprint density at radius 1 is 0.408 bits per heavy atom. The Morgan fingerprint density at radius 3 is 0.974 bits per heavy atom. The third-order valence-corrected chi connectivity index (χ3v) is 16.7. The number of rotatable bonds is 59. The van der Waals surface area contributed by atoms with Gasteiger partial charge in [-0.25, -0.2) is 0 Å². The first-order valence-electron chi connectivity index (χ1n) is 33.4. The topological polar surface area (TPSA) is 189 Å². The molecule has 0 spiro atoms. The highest BCUT2D eigenvalue weighted by Gasteiger charge is 2.44. The Morgan fingerprint density at radius 2 is 0.684 bits per heavy atom. The van der Waals surface area contributed by atoms with Crippen LogP contribution in [0.1, 0.15) is 341 Å². The number of amides is 1. The zero-order chi connectivity index (χ0) is 55.4. The van der Waals surface area contributed by atoms with Crippen LogP contribution in [0.4, 0.5) is 0 Å². The summed E-state index contributed by atoms with van der Waals surface area (Å²) in [5.41, 5.74) is 0. The minimum absolute atomic E-state index is 0.267. The van der Waals surface area contributed by atoms with Gasteiger partial charge < -0.3 is 50.5 Å². The van der Waals surface area contributed by atoms with E-state index in [0.29, 0.717) is 19.3 Å². The van der Waals surface area contributed by atoms with Gasteiger partial charge in [-0.15, -0.1) is 0 Å². The van der Waals surface area contributed by atoms with Crippen molar-refractivity contribution in [3.8, 4) is 0 Å². The van der Waals surface area contributed by atoms with Gasteiger partial charge in [0.1, 0.15) is 36.6 Å². The molecule has 1 heterocycles. The molecule has 1 amide bonds. The maximum Gasteiger partial charge on any atom is 0.249 e. The maximum atomic E-state index is 13.2. The van der Waals surface area contributed by atoms with E-state index < -0.39 is 74.2 Å². The van der Waals surface area contributed by atoms with Crippen molar-refractivity contribution in [2.45, 2.75) is 396 Å². The minimum atomic E-state index is -1.66. The standard InChI is InChI=1S/C65H129NO10/c1-3-5-7-9-11-13-15-17-18-19-20-21-22-23-24-25-26-27-28-29-30-31-32-33-34-35-36-37-38-39-41-43-45-47-49-51-53-58(69)64(74)66-56(55-75-65-63(73)62(72)61(71)59(54-67)76-65)60(70)57(68)52-50-48-46-44-42-40-16-14-12-10-8-6-4-2/h56-63,65,67-73H,3-55H2,1-2H3,(H,66,74). The molecule has 0 aliphatic carbocycles. The molecular formula is C65H129NO10. The molecule has 9 unspecified atom stereocenters. The highest BCUT2D eigenvalue weighted by atomic mass is 16.7. The number of hydrogen-bond donors (Lipinski definition) is 8. The summed E-state index contributed by atoms with van der Waals surface area (Å²) < 4.78 is 11.2. The first-order chi connectivity index (χ1) is 37.2. The second-order valence-electron chi connectivity index (χ2n) is 23.9. The van der Waals surface area contributed by atoms with Crippen molar-refractivity contribution in [1.82, 2.24) is 5.32 Å². The second kappa shape index (κ2) is 54.7.